The first kappa shape index (κ1) is 16.9. The molecule has 3 aromatic rings. The Hall–Kier alpha value is -2.20. The van der Waals surface area contributed by atoms with Crippen molar-refractivity contribution >= 4 is 32.5 Å². The highest BCUT2D eigenvalue weighted by molar-refractivity contribution is 9.10. The van der Waals surface area contributed by atoms with Crippen LogP contribution in [0.1, 0.15) is 43.5 Å². The van der Waals surface area contributed by atoms with E-state index in [2.05, 4.69) is 65.3 Å². The molecule has 0 amide bonds. The Balaban J connectivity index is 1.64. The number of halogens is 1. The summed E-state index contributed by atoms with van der Waals surface area (Å²) in [7, 11) is 0. The summed E-state index contributed by atoms with van der Waals surface area (Å²) in [4.78, 5) is 11.2. The van der Waals surface area contributed by atoms with E-state index >= 15 is 0 Å². The standard InChI is InChI=1S/C23H21BrN2O/c1-22(2)12-21-18(11-16-10-17(24)8-9-19(16)25-21)23(14-22)13-20(26-27-23)15-6-4-3-5-7-15/h3-11H,12-14H2,1-2H3/t23-/m1/s1. The third kappa shape index (κ3) is 2.87. The van der Waals surface area contributed by atoms with Crippen LogP contribution in [0.25, 0.3) is 10.9 Å². The molecule has 27 heavy (non-hydrogen) atoms. The molecule has 0 saturated heterocycles. The zero-order valence-corrected chi connectivity index (χ0v) is 17.1. The van der Waals surface area contributed by atoms with Crippen LogP contribution in [0.4, 0.5) is 0 Å². The summed E-state index contributed by atoms with van der Waals surface area (Å²) >= 11 is 3.58. The highest BCUT2D eigenvalue weighted by Crippen LogP contribution is 2.51. The second kappa shape index (κ2) is 5.90. The third-order valence-electron chi connectivity index (χ3n) is 5.65. The molecule has 1 spiro atoms. The van der Waals surface area contributed by atoms with Crippen molar-refractivity contribution in [1.82, 2.24) is 4.98 Å². The van der Waals surface area contributed by atoms with Gasteiger partial charge in [0, 0.05) is 34.0 Å². The van der Waals surface area contributed by atoms with E-state index in [1.807, 2.05) is 24.3 Å². The number of pyridine rings is 1. The van der Waals surface area contributed by atoms with E-state index < -0.39 is 5.60 Å². The van der Waals surface area contributed by atoms with E-state index in [-0.39, 0.29) is 5.41 Å². The molecule has 1 aliphatic heterocycles. The van der Waals surface area contributed by atoms with Crippen molar-refractivity contribution in [3.8, 4) is 0 Å². The first-order valence-corrected chi connectivity index (χ1v) is 10.1. The molecule has 1 aromatic heterocycles. The number of fused-ring (bicyclic) bond motifs is 3. The van der Waals surface area contributed by atoms with Crippen LogP contribution in [0.3, 0.4) is 0 Å². The third-order valence-corrected chi connectivity index (χ3v) is 6.14. The molecule has 5 rings (SSSR count). The zero-order valence-electron chi connectivity index (χ0n) is 15.5. The fourth-order valence-electron chi connectivity index (χ4n) is 4.60. The van der Waals surface area contributed by atoms with Gasteiger partial charge in [0.05, 0.1) is 11.2 Å². The molecule has 0 fully saturated rings. The van der Waals surface area contributed by atoms with E-state index in [4.69, 9.17) is 9.82 Å². The second-order valence-corrected chi connectivity index (χ2v) is 9.42. The summed E-state index contributed by atoms with van der Waals surface area (Å²) in [6.07, 6.45) is 2.68. The van der Waals surface area contributed by atoms with Crippen molar-refractivity contribution in [2.45, 2.75) is 38.7 Å². The van der Waals surface area contributed by atoms with Gasteiger partial charge in [-0.15, -0.1) is 0 Å². The summed E-state index contributed by atoms with van der Waals surface area (Å²) in [5.74, 6) is 0. The van der Waals surface area contributed by atoms with E-state index in [0.29, 0.717) is 0 Å². The normalized spacial score (nSPS) is 23.1. The molecule has 2 aromatic carbocycles. The van der Waals surface area contributed by atoms with E-state index in [1.165, 1.54) is 5.56 Å². The summed E-state index contributed by atoms with van der Waals surface area (Å²) < 4.78 is 1.07. The fourth-order valence-corrected chi connectivity index (χ4v) is 4.98. The molecule has 4 heteroatoms. The second-order valence-electron chi connectivity index (χ2n) is 8.50. The quantitative estimate of drug-likeness (QED) is 0.484. The fraction of sp³-hybridized carbons (Fsp3) is 0.304. The highest BCUT2D eigenvalue weighted by Gasteiger charge is 2.50. The average Bonchev–Trinajstić information content (AvgIpc) is 3.05. The largest absolute Gasteiger partial charge is 0.384 e. The van der Waals surface area contributed by atoms with Gasteiger partial charge in [-0.25, -0.2) is 0 Å². The van der Waals surface area contributed by atoms with Crippen molar-refractivity contribution in [1.29, 1.82) is 0 Å². The Morgan fingerprint density at radius 2 is 1.81 bits per heavy atom. The maximum Gasteiger partial charge on any atom is 0.170 e. The lowest BCUT2D eigenvalue weighted by Gasteiger charge is -2.41. The van der Waals surface area contributed by atoms with Gasteiger partial charge in [0.1, 0.15) is 0 Å². The lowest BCUT2D eigenvalue weighted by molar-refractivity contribution is -0.0631. The summed E-state index contributed by atoms with van der Waals surface area (Å²) in [6, 6.07) is 18.9. The topological polar surface area (TPSA) is 34.5 Å². The van der Waals surface area contributed by atoms with Gasteiger partial charge in [0.2, 0.25) is 0 Å². The predicted molar refractivity (Wildman–Crippen MR) is 112 cm³/mol. The number of nitrogens with zero attached hydrogens (tertiary/aromatic N) is 2. The molecule has 0 bridgehead atoms. The van der Waals surface area contributed by atoms with Gasteiger partial charge in [-0.05, 0) is 41.7 Å². The molecule has 2 heterocycles. The molecular formula is C23H21BrN2O. The Morgan fingerprint density at radius 1 is 1.00 bits per heavy atom. The number of rotatable bonds is 1. The summed E-state index contributed by atoms with van der Waals surface area (Å²) in [5, 5.41) is 5.66. The molecular weight excluding hydrogens is 400 g/mol. The molecule has 0 unspecified atom stereocenters. The van der Waals surface area contributed by atoms with Crippen LogP contribution >= 0.6 is 15.9 Å². The molecule has 2 aliphatic rings. The number of aromatic nitrogens is 1. The summed E-state index contributed by atoms with van der Waals surface area (Å²) in [5.41, 5.74) is 5.22. The highest BCUT2D eigenvalue weighted by atomic mass is 79.9. The monoisotopic (exact) mass is 420 g/mol. The average molecular weight is 421 g/mol. The first-order chi connectivity index (χ1) is 12.9. The van der Waals surface area contributed by atoms with Crippen LogP contribution in [-0.2, 0) is 16.9 Å². The molecule has 3 nitrogen and oxygen atoms in total. The molecule has 0 radical (unpaired) electrons. The maximum atomic E-state index is 6.23. The van der Waals surface area contributed by atoms with Crippen molar-refractivity contribution in [3.63, 3.8) is 0 Å². The number of oxime groups is 1. The number of hydrogen-bond acceptors (Lipinski definition) is 3. The van der Waals surface area contributed by atoms with Crippen molar-refractivity contribution in [2.75, 3.05) is 0 Å². The van der Waals surface area contributed by atoms with Crippen molar-refractivity contribution in [3.05, 3.63) is 75.9 Å². The molecule has 1 aliphatic carbocycles. The van der Waals surface area contributed by atoms with Gasteiger partial charge < -0.3 is 4.84 Å². The van der Waals surface area contributed by atoms with E-state index in [1.54, 1.807) is 0 Å². The zero-order chi connectivity index (χ0) is 18.6. The molecule has 136 valence electrons. The van der Waals surface area contributed by atoms with Gasteiger partial charge in [0.15, 0.2) is 5.60 Å². The van der Waals surface area contributed by atoms with Crippen LogP contribution in [0.2, 0.25) is 0 Å². The molecule has 0 saturated carbocycles. The van der Waals surface area contributed by atoms with E-state index in [9.17, 15) is 0 Å². The van der Waals surface area contributed by atoms with Crippen molar-refractivity contribution < 1.29 is 4.84 Å². The van der Waals surface area contributed by atoms with Gasteiger partial charge in [0.25, 0.3) is 0 Å². The lowest BCUT2D eigenvalue weighted by atomic mass is 9.66. The smallest absolute Gasteiger partial charge is 0.170 e. The lowest BCUT2D eigenvalue weighted by Crippen LogP contribution is -2.40. The van der Waals surface area contributed by atoms with Gasteiger partial charge in [-0.2, -0.15) is 0 Å². The minimum absolute atomic E-state index is 0.116. The van der Waals surface area contributed by atoms with Crippen LogP contribution in [0.15, 0.2) is 64.2 Å². The molecule has 1 atom stereocenters. The number of benzene rings is 2. The van der Waals surface area contributed by atoms with Gasteiger partial charge in [-0.1, -0.05) is 65.3 Å². The molecule has 0 N–H and O–H groups in total. The Morgan fingerprint density at radius 3 is 2.63 bits per heavy atom. The van der Waals surface area contributed by atoms with Crippen molar-refractivity contribution in [2.24, 2.45) is 10.6 Å². The van der Waals surface area contributed by atoms with Crippen LogP contribution in [0, 0.1) is 5.41 Å². The van der Waals surface area contributed by atoms with Gasteiger partial charge >= 0.3 is 0 Å². The Labute approximate surface area is 167 Å². The minimum Gasteiger partial charge on any atom is -0.384 e. The van der Waals surface area contributed by atoms with Crippen LogP contribution in [0.5, 0.6) is 0 Å². The van der Waals surface area contributed by atoms with E-state index in [0.717, 1.165) is 51.6 Å². The maximum absolute atomic E-state index is 6.23. The van der Waals surface area contributed by atoms with Crippen LogP contribution in [-0.4, -0.2) is 10.7 Å². The predicted octanol–water partition coefficient (Wildman–Crippen LogP) is 5.99. The Bertz CT molecular complexity index is 1070. The first-order valence-electron chi connectivity index (χ1n) is 9.34. The summed E-state index contributed by atoms with van der Waals surface area (Å²) in [6.45, 7) is 4.60. The minimum atomic E-state index is -0.425. The van der Waals surface area contributed by atoms with Gasteiger partial charge in [-0.3, -0.25) is 4.98 Å². The SMILES string of the molecule is CC1(C)Cc2nc3ccc(Br)cc3cc2[C@@]2(CC(c3ccccc3)=NO2)C1. The van der Waals surface area contributed by atoms with Crippen LogP contribution < -0.4 is 0 Å². The Kier molecular flexibility index (Phi) is 3.70. The number of hydrogen-bond donors (Lipinski definition) is 0.